The first kappa shape index (κ1) is 13.8. The fourth-order valence-electron chi connectivity index (χ4n) is 2.86. The molecule has 1 N–H and O–H groups in total. The molecule has 2 aromatic rings. The van der Waals surface area contributed by atoms with E-state index in [4.69, 9.17) is 12.2 Å². The van der Waals surface area contributed by atoms with Crippen molar-refractivity contribution in [2.75, 3.05) is 11.9 Å². The lowest BCUT2D eigenvalue weighted by molar-refractivity contribution is 0.350. The molecule has 1 aliphatic carbocycles. The molecule has 1 aliphatic rings. The summed E-state index contributed by atoms with van der Waals surface area (Å²) >= 11 is 7.05. The van der Waals surface area contributed by atoms with Gasteiger partial charge in [0.15, 0.2) is 4.77 Å². The normalized spacial score (nSPS) is 16.4. The van der Waals surface area contributed by atoms with Gasteiger partial charge in [0.05, 0.1) is 17.7 Å². The Morgan fingerprint density at radius 3 is 2.95 bits per heavy atom. The largest absolute Gasteiger partial charge is 0.338 e. The molecule has 0 bridgehead atoms. The maximum absolute atomic E-state index is 5.43. The SMILES string of the molecule is CN(Cc1cscn1)c1n[nH]c(=S)n1C1CCCCC1. The number of hydrogen-bond acceptors (Lipinski definition) is 5. The van der Waals surface area contributed by atoms with Gasteiger partial charge in [0.25, 0.3) is 0 Å². The van der Waals surface area contributed by atoms with E-state index in [0.29, 0.717) is 6.04 Å². The minimum atomic E-state index is 0.489. The number of aromatic amines is 1. The van der Waals surface area contributed by atoms with Gasteiger partial charge in [0, 0.05) is 18.5 Å². The first-order valence-electron chi connectivity index (χ1n) is 7.01. The van der Waals surface area contributed by atoms with Crippen LogP contribution in [0.3, 0.4) is 0 Å². The summed E-state index contributed by atoms with van der Waals surface area (Å²) in [5, 5.41) is 9.44. The van der Waals surface area contributed by atoms with Crippen molar-refractivity contribution in [2.45, 2.75) is 44.7 Å². The maximum atomic E-state index is 5.43. The molecule has 2 heterocycles. The lowest BCUT2D eigenvalue weighted by atomic mass is 9.95. The first-order chi connectivity index (χ1) is 9.75. The van der Waals surface area contributed by atoms with Crippen LogP contribution in [0.1, 0.15) is 43.8 Å². The van der Waals surface area contributed by atoms with Gasteiger partial charge in [-0.2, -0.15) is 0 Å². The van der Waals surface area contributed by atoms with E-state index in [0.717, 1.165) is 23.0 Å². The van der Waals surface area contributed by atoms with Crippen molar-refractivity contribution in [3.8, 4) is 0 Å². The second-order valence-electron chi connectivity index (χ2n) is 5.33. The molecule has 1 saturated carbocycles. The molecule has 0 radical (unpaired) electrons. The number of nitrogens with one attached hydrogen (secondary N) is 1. The van der Waals surface area contributed by atoms with Gasteiger partial charge >= 0.3 is 0 Å². The van der Waals surface area contributed by atoms with E-state index in [1.807, 2.05) is 12.6 Å². The zero-order valence-corrected chi connectivity index (χ0v) is 13.2. The molecule has 0 unspecified atom stereocenters. The fourth-order valence-corrected chi connectivity index (χ4v) is 3.69. The summed E-state index contributed by atoms with van der Waals surface area (Å²) in [6.07, 6.45) is 6.31. The molecular weight excluding hydrogens is 290 g/mol. The zero-order valence-electron chi connectivity index (χ0n) is 11.6. The minimum Gasteiger partial charge on any atom is -0.338 e. The van der Waals surface area contributed by atoms with Gasteiger partial charge in [-0.05, 0) is 25.1 Å². The number of anilines is 1. The number of hydrogen-bond donors (Lipinski definition) is 1. The number of rotatable bonds is 4. The second-order valence-corrected chi connectivity index (χ2v) is 6.43. The number of H-pyrrole nitrogens is 1. The monoisotopic (exact) mass is 309 g/mol. The van der Waals surface area contributed by atoms with Gasteiger partial charge in [-0.15, -0.1) is 16.4 Å². The van der Waals surface area contributed by atoms with Crippen LogP contribution in [0.15, 0.2) is 10.9 Å². The van der Waals surface area contributed by atoms with E-state index in [2.05, 4.69) is 30.0 Å². The Hall–Kier alpha value is -1.21. The van der Waals surface area contributed by atoms with Gasteiger partial charge < -0.3 is 4.90 Å². The van der Waals surface area contributed by atoms with Crippen molar-refractivity contribution < 1.29 is 0 Å². The van der Waals surface area contributed by atoms with Crippen molar-refractivity contribution in [1.82, 2.24) is 19.7 Å². The molecule has 7 heteroatoms. The van der Waals surface area contributed by atoms with Crippen molar-refractivity contribution >= 4 is 29.5 Å². The lowest BCUT2D eigenvalue weighted by Crippen LogP contribution is -2.24. The molecule has 3 rings (SSSR count). The number of aromatic nitrogens is 4. The molecule has 0 saturated heterocycles. The van der Waals surface area contributed by atoms with Crippen molar-refractivity contribution in [2.24, 2.45) is 0 Å². The highest BCUT2D eigenvalue weighted by molar-refractivity contribution is 7.71. The second kappa shape index (κ2) is 6.05. The molecule has 0 spiro atoms. The number of thiazole rings is 1. The first-order valence-corrected chi connectivity index (χ1v) is 8.36. The van der Waals surface area contributed by atoms with Crippen LogP contribution in [0, 0.1) is 4.77 Å². The predicted molar refractivity (Wildman–Crippen MR) is 83.8 cm³/mol. The average molecular weight is 309 g/mol. The molecule has 0 aliphatic heterocycles. The molecule has 0 aromatic carbocycles. The molecule has 1 fully saturated rings. The van der Waals surface area contributed by atoms with Gasteiger partial charge in [-0.1, -0.05) is 19.3 Å². The molecule has 20 heavy (non-hydrogen) atoms. The van der Waals surface area contributed by atoms with Crippen LogP contribution in [0.4, 0.5) is 5.95 Å². The third-order valence-electron chi connectivity index (χ3n) is 3.85. The van der Waals surface area contributed by atoms with Crippen molar-refractivity contribution in [3.63, 3.8) is 0 Å². The summed E-state index contributed by atoms with van der Waals surface area (Å²) < 4.78 is 2.93. The Balaban J connectivity index is 1.84. The van der Waals surface area contributed by atoms with Crippen LogP contribution in [-0.4, -0.2) is 26.8 Å². The average Bonchev–Trinajstić information content (AvgIpc) is 3.09. The zero-order chi connectivity index (χ0) is 13.9. The highest BCUT2D eigenvalue weighted by atomic mass is 32.1. The Morgan fingerprint density at radius 1 is 1.45 bits per heavy atom. The third kappa shape index (κ3) is 2.78. The van der Waals surface area contributed by atoms with Crippen molar-refractivity contribution in [1.29, 1.82) is 0 Å². The quantitative estimate of drug-likeness (QED) is 0.878. The van der Waals surface area contributed by atoms with Crippen LogP contribution >= 0.6 is 23.6 Å². The minimum absolute atomic E-state index is 0.489. The summed E-state index contributed by atoms with van der Waals surface area (Å²) in [6.45, 7) is 0.760. The van der Waals surface area contributed by atoms with Crippen LogP contribution in [0.2, 0.25) is 0 Å². The Labute approximate surface area is 127 Å². The standard InChI is InChI=1S/C13H19N5S2/c1-17(7-10-8-20-9-14-10)12-15-16-13(19)18(12)11-5-3-2-4-6-11/h8-9,11H,2-7H2,1H3,(H,16,19). The van der Waals surface area contributed by atoms with Crippen LogP contribution < -0.4 is 4.90 Å². The summed E-state index contributed by atoms with van der Waals surface area (Å²) in [4.78, 5) is 6.46. The predicted octanol–water partition coefficient (Wildman–Crippen LogP) is 3.54. The summed E-state index contributed by atoms with van der Waals surface area (Å²) in [5.74, 6) is 0.926. The Bertz CT molecular complexity index is 595. The molecular formula is C13H19N5S2. The summed E-state index contributed by atoms with van der Waals surface area (Å²) in [7, 11) is 2.05. The maximum Gasteiger partial charge on any atom is 0.226 e. The highest BCUT2D eigenvalue weighted by Crippen LogP contribution is 2.31. The van der Waals surface area contributed by atoms with E-state index in [1.165, 1.54) is 32.1 Å². The van der Waals surface area contributed by atoms with E-state index in [1.54, 1.807) is 11.3 Å². The van der Waals surface area contributed by atoms with Gasteiger partial charge in [-0.3, -0.25) is 4.57 Å². The van der Waals surface area contributed by atoms with Gasteiger partial charge in [-0.25, -0.2) is 10.1 Å². The molecule has 0 amide bonds. The fraction of sp³-hybridized carbons (Fsp3) is 0.615. The number of nitrogens with zero attached hydrogens (tertiary/aromatic N) is 4. The molecule has 5 nitrogen and oxygen atoms in total. The smallest absolute Gasteiger partial charge is 0.226 e. The molecule has 0 atom stereocenters. The third-order valence-corrected chi connectivity index (χ3v) is 4.77. The van der Waals surface area contributed by atoms with E-state index in [9.17, 15) is 0 Å². The van der Waals surface area contributed by atoms with Crippen LogP contribution in [0.5, 0.6) is 0 Å². The van der Waals surface area contributed by atoms with E-state index >= 15 is 0 Å². The summed E-state index contributed by atoms with van der Waals surface area (Å²) in [5.41, 5.74) is 2.93. The van der Waals surface area contributed by atoms with Crippen LogP contribution in [0.25, 0.3) is 0 Å². The van der Waals surface area contributed by atoms with E-state index in [-0.39, 0.29) is 0 Å². The Morgan fingerprint density at radius 2 is 2.25 bits per heavy atom. The van der Waals surface area contributed by atoms with Crippen molar-refractivity contribution in [3.05, 3.63) is 21.4 Å². The molecule has 2 aromatic heterocycles. The van der Waals surface area contributed by atoms with Gasteiger partial charge in [0.2, 0.25) is 5.95 Å². The Kier molecular flexibility index (Phi) is 4.16. The molecule has 108 valence electrons. The van der Waals surface area contributed by atoms with Crippen LogP contribution in [-0.2, 0) is 6.54 Å². The topological polar surface area (TPSA) is 49.7 Å². The lowest BCUT2D eigenvalue weighted by Gasteiger charge is -2.26. The summed E-state index contributed by atoms with van der Waals surface area (Å²) in [6, 6.07) is 0.489. The highest BCUT2D eigenvalue weighted by Gasteiger charge is 2.21. The van der Waals surface area contributed by atoms with Gasteiger partial charge in [0.1, 0.15) is 0 Å². The van der Waals surface area contributed by atoms with E-state index < -0.39 is 0 Å².